The summed E-state index contributed by atoms with van der Waals surface area (Å²) in [5.41, 5.74) is 0. The summed E-state index contributed by atoms with van der Waals surface area (Å²) in [4.78, 5) is 2.11. The Bertz CT molecular complexity index is 152. The predicted octanol–water partition coefficient (Wildman–Crippen LogP) is -0.841. The fourth-order valence-electron chi connectivity index (χ4n) is 1.15. The van der Waals surface area contributed by atoms with Crippen LogP contribution in [0.2, 0.25) is 0 Å². The van der Waals surface area contributed by atoms with Gasteiger partial charge in [-0.3, -0.25) is 0 Å². The Morgan fingerprint density at radius 1 is 1.56 bits per heavy atom. The molecule has 3 nitrogen and oxygen atoms in total. The summed E-state index contributed by atoms with van der Waals surface area (Å²) < 4.78 is 20.3. The number of thiol groups is 1. The van der Waals surface area contributed by atoms with Crippen LogP contribution in [-0.2, 0) is 10.7 Å². The maximum atomic E-state index is 10.1. The first kappa shape index (κ1) is 7.02. The third-order valence-electron chi connectivity index (χ3n) is 1.55. The molecule has 1 rings (SSSR count). The summed E-state index contributed by atoms with van der Waals surface area (Å²) in [6.45, 7) is 1.90. The molecule has 1 saturated heterocycles. The van der Waals surface area contributed by atoms with E-state index in [1.54, 1.807) is 0 Å². The zero-order valence-corrected chi connectivity index (χ0v) is 6.30. The van der Waals surface area contributed by atoms with E-state index in [9.17, 15) is 8.42 Å². The average Bonchev–Trinajstić information content (AvgIpc) is 1.60. The van der Waals surface area contributed by atoms with Gasteiger partial charge in [0, 0.05) is 13.1 Å². The van der Waals surface area contributed by atoms with Crippen molar-refractivity contribution in [3.8, 4) is 0 Å². The van der Waals surface area contributed by atoms with Gasteiger partial charge in [-0.2, -0.15) is 0 Å². The molecule has 1 fully saturated rings. The van der Waals surface area contributed by atoms with Crippen LogP contribution < -0.4 is 0 Å². The van der Waals surface area contributed by atoms with Crippen LogP contribution in [0.1, 0.15) is 0 Å². The Hall–Kier alpha value is -0.0900. The van der Waals surface area contributed by atoms with E-state index >= 15 is 0 Å². The number of likely N-dealkylation sites (tertiary alicyclic amines) is 1. The van der Waals surface area contributed by atoms with Crippen molar-refractivity contribution in [3.05, 3.63) is 0 Å². The van der Waals surface area contributed by atoms with Crippen LogP contribution in [0.3, 0.4) is 0 Å². The molecular formula is C5H11NO2S. The topological polar surface area (TPSA) is 37.4 Å². The molecule has 0 saturated carbocycles. The van der Waals surface area contributed by atoms with Crippen molar-refractivity contribution in [2.75, 3.05) is 25.9 Å². The Kier molecular flexibility index (Phi) is 2.08. The molecule has 0 aromatic carbocycles. The van der Waals surface area contributed by atoms with Gasteiger partial charge in [-0.05, 0) is 13.0 Å². The molecule has 0 aliphatic carbocycles. The van der Waals surface area contributed by atoms with Gasteiger partial charge in [0.15, 0.2) is 0 Å². The van der Waals surface area contributed by atoms with Crippen LogP contribution in [0.15, 0.2) is 0 Å². The smallest absolute Gasteiger partial charge is 0.140 e. The fourth-order valence-corrected chi connectivity index (χ4v) is 1.81. The Morgan fingerprint density at radius 3 is 2.44 bits per heavy atom. The zero-order valence-electron chi connectivity index (χ0n) is 5.41. The molecule has 0 spiro atoms. The Labute approximate surface area is 56.6 Å². The molecule has 0 bridgehead atoms. The van der Waals surface area contributed by atoms with E-state index in [0.717, 1.165) is 13.1 Å². The van der Waals surface area contributed by atoms with Gasteiger partial charge in [-0.1, -0.05) is 0 Å². The van der Waals surface area contributed by atoms with Crippen LogP contribution in [0.25, 0.3) is 0 Å². The standard InChI is InChI=1S/C5H11NO2S/c1-6-2-5(3-6)4-9(7)8/h5,9H,2-4H2,1H3. The highest BCUT2D eigenvalue weighted by Gasteiger charge is 2.23. The van der Waals surface area contributed by atoms with Crippen LogP contribution >= 0.6 is 0 Å². The van der Waals surface area contributed by atoms with Gasteiger partial charge < -0.3 is 4.90 Å². The lowest BCUT2D eigenvalue weighted by atomic mass is 10.0. The molecule has 0 amide bonds. The van der Waals surface area contributed by atoms with Crippen molar-refractivity contribution in [3.63, 3.8) is 0 Å². The molecule has 54 valence electrons. The molecule has 0 aromatic rings. The molecule has 4 heteroatoms. The molecule has 1 aliphatic heterocycles. The van der Waals surface area contributed by atoms with Crippen molar-refractivity contribution < 1.29 is 8.42 Å². The molecule has 0 N–H and O–H groups in total. The zero-order chi connectivity index (χ0) is 6.85. The van der Waals surface area contributed by atoms with Gasteiger partial charge >= 0.3 is 0 Å². The SMILES string of the molecule is CN1CC(C[SH](=O)=O)C1. The van der Waals surface area contributed by atoms with Crippen LogP contribution in [-0.4, -0.2) is 39.2 Å². The van der Waals surface area contributed by atoms with E-state index in [-0.39, 0.29) is 0 Å². The summed E-state index contributed by atoms with van der Waals surface area (Å²) in [5, 5.41) is 0. The third-order valence-corrected chi connectivity index (χ3v) is 2.36. The summed E-state index contributed by atoms with van der Waals surface area (Å²) in [5.74, 6) is 0.788. The fraction of sp³-hybridized carbons (Fsp3) is 1.00. The lowest BCUT2D eigenvalue weighted by Crippen LogP contribution is -2.45. The second-order valence-corrected chi connectivity index (χ2v) is 3.63. The minimum Gasteiger partial charge on any atom is -0.306 e. The largest absolute Gasteiger partial charge is 0.306 e. The first-order valence-electron chi connectivity index (χ1n) is 2.99. The van der Waals surface area contributed by atoms with Gasteiger partial charge in [0.1, 0.15) is 10.7 Å². The molecule has 1 aliphatic rings. The first-order valence-corrected chi connectivity index (χ1v) is 4.35. The molecule has 0 radical (unpaired) electrons. The highest BCUT2D eigenvalue weighted by atomic mass is 32.2. The molecule has 9 heavy (non-hydrogen) atoms. The van der Waals surface area contributed by atoms with Crippen molar-refractivity contribution in [1.82, 2.24) is 4.90 Å². The maximum Gasteiger partial charge on any atom is 0.140 e. The van der Waals surface area contributed by atoms with E-state index in [1.807, 2.05) is 7.05 Å². The monoisotopic (exact) mass is 149 g/mol. The van der Waals surface area contributed by atoms with E-state index in [0.29, 0.717) is 11.7 Å². The van der Waals surface area contributed by atoms with E-state index in [1.165, 1.54) is 0 Å². The lowest BCUT2D eigenvalue weighted by Gasteiger charge is -2.34. The summed E-state index contributed by atoms with van der Waals surface area (Å²) in [7, 11) is -0.146. The van der Waals surface area contributed by atoms with Crippen LogP contribution in [0.4, 0.5) is 0 Å². The summed E-state index contributed by atoms with van der Waals surface area (Å²) in [6.07, 6.45) is 0. The third kappa shape index (κ3) is 1.95. The van der Waals surface area contributed by atoms with Gasteiger partial charge in [-0.25, -0.2) is 8.42 Å². The second-order valence-electron chi connectivity index (χ2n) is 2.60. The molecule has 0 unspecified atom stereocenters. The van der Waals surface area contributed by atoms with Gasteiger partial charge in [0.05, 0.1) is 5.75 Å². The van der Waals surface area contributed by atoms with Crippen molar-refractivity contribution in [2.45, 2.75) is 0 Å². The van der Waals surface area contributed by atoms with Gasteiger partial charge in [0.25, 0.3) is 0 Å². The normalized spacial score (nSPS) is 22.4. The summed E-state index contributed by atoms with van der Waals surface area (Å²) >= 11 is 0. The molecule has 0 atom stereocenters. The molecule has 0 aromatic heterocycles. The second kappa shape index (κ2) is 2.66. The highest BCUT2D eigenvalue weighted by molar-refractivity contribution is 7.72. The summed E-state index contributed by atoms with van der Waals surface area (Å²) in [6, 6.07) is 0. The van der Waals surface area contributed by atoms with Crippen molar-refractivity contribution >= 4 is 10.7 Å². The van der Waals surface area contributed by atoms with Gasteiger partial charge in [-0.15, -0.1) is 0 Å². The Morgan fingerprint density at radius 2 is 2.11 bits per heavy atom. The predicted molar refractivity (Wildman–Crippen MR) is 36.2 cm³/mol. The van der Waals surface area contributed by atoms with Gasteiger partial charge in [0.2, 0.25) is 0 Å². The average molecular weight is 149 g/mol. The highest BCUT2D eigenvalue weighted by Crippen LogP contribution is 2.11. The minimum absolute atomic E-state index is 0.375. The molecule has 1 heterocycles. The first-order chi connectivity index (χ1) is 4.18. The van der Waals surface area contributed by atoms with Crippen LogP contribution in [0.5, 0.6) is 0 Å². The number of rotatable bonds is 2. The number of hydrogen-bond donors (Lipinski definition) is 1. The van der Waals surface area contributed by atoms with E-state index < -0.39 is 10.7 Å². The Balaban J connectivity index is 2.18. The molecular weight excluding hydrogens is 138 g/mol. The number of hydrogen-bond acceptors (Lipinski definition) is 3. The van der Waals surface area contributed by atoms with E-state index in [4.69, 9.17) is 0 Å². The minimum atomic E-state index is -2.14. The lowest BCUT2D eigenvalue weighted by molar-refractivity contribution is 0.152. The van der Waals surface area contributed by atoms with Crippen LogP contribution in [0, 0.1) is 5.92 Å². The maximum absolute atomic E-state index is 10.1. The van der Waals surface area contributed by atoms with Crippen molar-refractivity contribution in [2.24, 2.45) is 5.92 Å². The quantitative estimate of drug-likeness (QED) is 0.520. The van der Waals surface area contributed by atoms with E-state index in [2.05, 4.69) is 4.90 Å². The van der Waals surface area contributed by atoms with Crippen molar-refractivity contribution in [1.29, 1.82) is 0 Å². The number of nitrogens with zero attached hydrogens (tertiary/aromatic N) is 1.